The molecule has 0 fully saturated rings. The number of nitrogens with zero attached hydrogens (tertiary/aromatic N) is 1. The number of thiazole rings is 1. The van der Waals surface area contributed by atoms with Gasteiger partial charge in [0.2, 0.25) is 5.91 Å². The summed E-state index contributed by atoms with van der Waals surface area (Å²) < 4.78 is 44.7. The molecule has 3 rings (SSSR count). The molecule has 156 valence electrons. The van der Waals surface area contributed by atoms with Gasteiger partial charge >= 0.3 is 6.18 Å². The molecule has 0 aliphatic carbocycles. The largest absolute Gasteiger partial charge is 0.484 e. The Labute approximate surface area is 173 Å². The lowest BCUT2D eigenvalue weighted by atomic mass is 10.1. The highest BCUT2D eigenvalue weighted by atomic mass is 32.1. The molecule has 2 aromatic carbocycles. The van der Waals surface area contributed by atoms with Gasteiger partial charge in [0.25, 0.3) is 5.91 Å². The van der Waals surface area contributed by atoms with Gasteiger partial charge in [0.05, 0.1) is 17.8 Å². The van der Waals surface area contributed by atoms with E-state index in [1.54, 1.807) is 24.3 Å². The zero-order chi connectivity index (χ0) is 21.6. The van der Waals surface area contributed by atoms with Crippen molar-refractivity contribution in [1.82, 2.24) is 10.3 Å². The molecule has 0 atom stereocenters. The average Bonchev–Trinajstić information content (AvgIpc) is 3.19. The number of alkyl halides is 3. The standard InChI is InChI=1S/C20H16F3N3O3S/c21-20(22,23)15-9-5-4-8-14(15)16-12-30-19(25-16)26-17(27)10-24-18(28)11-29-13-6-2-1-3-7-13/h1-9,12H,10-11H2,(H,24,28)(H,25,26,27). The van der Waals surface area contributed by atoms with Gasteiger partial charge in [0.15, 0.2) is 11.7 Å². The predicted molar refractivity (Wildman–Crippen MR) is 106 cm³/mol. The number of para-hydroxylation sites is 1. The van der Waals surface area contributed by atoms with Crippen molar-refractivity contribution in [3.8, 4) is 17.0 Å². The predicted octanol–water partition coefficient (Wildman–Crippen LogP) is 3.96. The van der Waals surface area contributed by atoms with E-state index in [4.69, 9.17) is 4.74 Å². The van der Waals surface area contributed by atoms with E-state index in [-0.39, 0.29) is 29.5 Å². The van der Waals surface area contributed by atoms with Crippen LogP contribution >= 0.6 is 11.3 Å². The van der Waals surface area contributed by atoms with Gasteiger partial charge < -0.3 is 15.4 Å². The Kier molecular flexibility index (Phi) is 6.68. The van der Waals surface area contributed by atoms with Crippen molar-refractivity contribution in [3.63, 3.8) is 0 Å². The van der Waals surface area contributed by atoms with Crippen LogP contribution in [0.5, 0.6) is 5.75 Å². The molecule has 0 bridgehead atoms. The molecule has 0 aliphatic rings. The fraction of sp³-hybridized carbons (Fsp3) is 0.150. The first-order valence-electron chi connectivity index (χ1n) is 8.69. The first-order valence-corrected chi connectivity index (χ1v) is 9.57. The Morgan fingerprint density at radius 2 is 1.70 bits per heavy atom. The maximum absolute atomic E-state index is 13.2. The topological polar surface area (TPSA) is 80.3 Å². The molecule has 0 saturated heterocycles. The van der Waals surface area contributed by atoms with Crippen LogP contribution in [0.1, 0.15) is 5.56 Å². The third kappa shape index (κ3) is 5.80. The van der Waals surface area contributed by atoms with Crippen LogP contribution < -0.4 is 15.4 Å². The highest BCUT2D eigenvalue weighted by Gasteiger charge is 2.33. The zero-order valence-corrected chi connectivity index (χ0v) is 16.2. The Balaban J connectivity index is 1.52. The highest BCUT2D eigenvalue weighted by Crippen LogP contribution is 2.37. The second kappa shape index (κ2) is 9.40. The molecule has 2 amide bonds. The number of rotatable bonds is 7. The fourth-order valence-corrected chi connectivity index (χ4v) is 3.19. The van der Waals surface area contributed by atoms with Gasteiger partial charge in [-0.25, -0.2) is 4.98 Å². The Morgan fingerprint density at radius 1 is 1.00 bits per heavy atom. The van der Waals surface area contributed by atoms with Crippen molar-refractivity contribution in [2.75, 3.05) is 18.5 Å². The SMILES string of the molecule is O=C(COc1ccccc1)NCC(=O)Nc1nc(-c2ccccc2C(F)(F)F)cs1. The number of nitrogens with one attached hydrogen (secondary N) is 2. The minimum atomic E-state index is -4.52. The molecule has 0 unspecified atom stereocenters. The minimum Gasteiger partial charge on any atom is -0.484 e. The molecule has 0 radical (unpaired) electrons. The van der Waals surface area contributed by atoms with Gasteiger partial charge in [-0.2, -0.15) is 13.2 Å². The first kappa shape index (κ1) is 21.3. The quantitative estimate of drug-likeness (QED) is 0.589. The minimum absolute atomic E-state index is 0.0758. The van der Waals surface area contributed by atoms with Crippen molar-refractivity contribution in [1.29, 1.82) is 0 Å². The Morgan fingerprint density at radius 3 is 2.43 bits per heavy atom. The second-order valence-corrected chi connectivity index (χ2v) is 6.87. The number of aromatic nitrogens is 1. The Hall–Kier alpha value is -3.40. The number of benzene rings is 2. The average molecular weight is 435 g/mol. The maximum Gasteiger partial charge on any atom is 0.417 e. The number of amides is 2. The lowest BCUT2D eigenvalue weighted by Crippen LogP contribution is -2.35. The zero-order valence-electron chi connectivity index (χ0n) is 15.4. The van der Waals surface area contributed by atoms with E-state index in [2.05, 4.69) is 15.6 Å². The van der Waals surface area contributed by atoms with Crippen molar-refractivity contribution < 1.29 is 27.5 Å². The van der Waals surface area contributed by atoms with Crippen molar-refractivity contribution in [2.45, 2.75) is 6.18 Å². The van der Waals surface area contributed by atoms with E-state index >= 15 is 0 Å². The van der Waals surface area contributed by atoms with Gasteiger partial charge in [-0.3, -0.25) is 9.59 Å². The summed E-state index contributed by atoms with van der Waals surface area (Å²) in [6, 6.07) is 13.8. The summed E-state index contributed by atoms with van der Waals surface area (Å²) in [6.45, 7) is -0.585. The first-order chi connectivity index (χ1) is 14.3. The molecule has 10 heteroatoms. The Bertz CT molecular complexity index is 1020. The molecule has 30 heavy (non-hydrogen) atoms. The number of halogens is 3. The van der Waals surface area contributed by atoms with E-state index in [0.717, 1.165) is 17.4 Å². The van der Waals surface area contributed by atoms with Gasteiger partial charge in [-0.15, -0.1) is 11.3 Å². The molecule has 3 aromatic rings. The smallest absolute Gasteiger partial charge is 0.417 e. The van der Waals surface area contributed by atoms with Crippen LogP contribution in [0, 0.1) is 0 Å². The molecule has 2 N–H and O–H groups in total. The normalized spacial score (nSPS) is 11.0. The number of carbonyl (C=O) groups excluding carboxylic acids is 2. The van der Waals surface area contributed by atoms with Crippen LogP contribution in [0.15, 0.2) is 60.0 Å². The summed E-state index contributed by atoms with van der Waals surface area (Å²) in [5.41, 5.74) is -0.782. The van der Waals surface area contributed by atoms with E-state index in [1.165, 1.54) is 23.6 Å². The molecule has 1 aromatic heterocycles. The lowest BCUT2D eigenvalue weighted by molar-refractivity contribution is -0.137. The summed E-state index contributed by atoms with van der Waals surface area (Å²) >= 11 is 0.986. The van der Waals surface area contributed by atoms with Crippen LogP contribution in [-0.2, 0) is 15.8 Å². The van der Waals surface area contributed by atoms with Gasteiger partial charge in [-0.05, 0) is 18.2 Å². The molecule has 1 heterocycles. The summed E-state index contributed by atoms with van der Waals surface area (Å²) in [7, 11) is 0. The van der Waals surface area contributed by atoms with Crippen molar-refractivity contribution >= 4 is 28.3 Å². The molecular formula is C20H16F3N3O3S. The van der Waals surface area contributed by atoms with E-state index in [0.29, 0.717) is 5.75 Å². The lowest BCUT2D eigenvalue weighted by Gasteiger charge is -2.10. The summed E-state index contributed by atoms with van der Waals surface area (Å²) in [4.78, 5) is 27.8. The van der Waals surface area contributed by atoms with Crippen LogP contribution in [0.2, 0.25) is 0 Å². The molecule has 0 aliphatic heterocycles. The van der Waals surface area contributed by atoms with Gasteiger partial charge in [-0.1, -0.05) is 36.4 Å². The van der Waals surface area contributed by atoms with Crippen molar-refractivity contribution in [2.24, 2.45) is 0 Å². The van der Waals surface area contributed by atoms with Crippen LogP contribution in [0.4, 0.5) is 18.3 Å². The molecule has 6 nitrogen and oxygen atoms in total. The maximum atomic E-state index is 13.2. The summed E-state index contributed by atoms with van der Waals surface area (Å²) in [5, 5.41) is 6.39. The van der Waals surface area contributed by atoms with E-state index < -0.39 is 23.6 Å². The summed E-state index contributed by atoms with van der Waals surface area (Å²) in [6.07, 6.45) is -4.52. The number of hydrogen-bond acceptors (Lipinski definition) is 5. The number of ether oxygens (including phenoxy) is 1. The number of carbonyl (C=O) groups is 2. The van der Waals surface area contributed by atoms with E-state index in [9.17, 15) is 22.8 Å². The number of anilines is 1. The molecule has 0 spiro atoms. The van der Waals surface area contributed by atoms with Gasteiger partial charge in [0, 0.05) is 10.9 Å². The van der Waals surface area contributed by atoms with Crippen LogP contribution in [0.25, 0.3) is 11.3 Å². The molecular weight excluding hydrogens is 419 g/mol. The van der Waals surface area contributed by atoms with Crippen molar-refractivity contribution in [3.05, 3.63) is 65.5 Å². The molecule has 0 saturated carbocycles. The van der Waals surface area contributed by atoms with Crippen LogP contribution in [-0.4, -0.2) is 29.9 Å². The monoisotopic (exact) mass is 435 g/mol. The third-order valence-corrected chi connectivity index (χ3v) is 4.58. The number of hydrogen-bond donors (Lipinski definition) is 2. The second-order valence-electron chi connectivity index (χ2n) is 6.01. The van der Waals surface area contributed by atoms with E-state index in [1.807, 2.05) is 6.07 Å². The third-order valence-electron chi connectivity index (χ3n) is 3.82. The van der Waals surface area contributed by atoms with Gasteiger partial charge in [0.1, 0.15) is 5.75 Å². The fourth-order valence-electron chi connectivity index (χ4n) is 2.47. The van der Waals surface area contributed by atoms with Crippen LogP contribution in [0.3, 0.4) is 0 Å². The summed E-state index contributed by atoms with van der Waals surface area (Å²) in [5.74, 6) is -0.535. The highest BCUT2D eigenvalue weighted by molar-refractivity contribution is 7.14.